The van der Waals surface area contributed by atoms with Crippen LogP contribution in [0.5, 0.6) is 0 Å². The maximum absolute atomic E-state index is 12.8. The third-order valence-corrected chi connectivity index (χ3v) is 7.59. The van der Waals surface area contributed by atoms with Gasteiger partial charge < -0.3 is 10.2 Å². The van der Waals surface area contributed by atoms with Crippen LogP contribution >= 0.6 is 12.2 Å². The normalized spacial score (nSPS) is 16.9. The van der Waals surface area contributed by atoms with Crippen LogP contribution in [0.1, 0.15) is 45.1 Å². The van der Waals surface area contributed by atoms with E-state index in [9.17, 15) is 8.42 Å². The van der Waals surface area contributed by atoms with Gasteiger partial charge in [0, 0.05) is 32.7 Å². The second kappa shape index (κ2) is 10.4. The number of nitrogens with one attached hydrogen (secondary N) is 1. The van der Waals surface area contributed by atoms with Crippen molar-refractivity contribution in [1.29, 1.82) is 0 Å². The number of rotatable bonds is 8. The molecule has 1 aromatic carbocycles. The summed E-state index contributed by atoms with van der Waals surface area (Å²) in [6.45, 7) is 9.47. The number of aryl methyl sites for hydroxylation is 1. The van der Waals surface area contributed by atoms with Gasteiger partial charge in [0.05, 0.1) is 4.90 Å². The standard InChI is InChI=1S/C20H33N3O2S2/c1-4-6-7-18(5-2)16-21-20(26)22-12-14-23(15-13-22)27(24,25)19-10-8-17(3)9-11-19/h8-11,18H,4-7,12-16H2,1-3H3,(H,21,26)/t18-/m1/s1. The molecular weight excluding hydrogens is 378 g/mol. The molecule has 0 amide bonds. The van der Waals surface area contributed by atoms with Crippen molar-refractivity contribution in [3.8, 4) is 0 Å². The number of hydrogen-bond donors (Lipinski definition) is 1. The molecule has 5 nitrogen and oxygen atoms in total. The quantitative estimate of drug-likeness (QED) is 0.665. The zero-order chi connectivity index (χ0) is 19.9. The smallest absolute Gasteiger partial charge is 0.243 e. The van der Waals surface area contributed by atoms with Crippen LogP contribution < -0.4 is 5.32 Å². The lowest BCUT2D eigenvalue weighted by molar-refractivity contribution is 0.262. The number of benzene rings is 1. The highest BCUT2D eigenvalue weighted by Crippen LogP contribution is 2.18. The van der Waals surface area contributed by atoms with E-state index in [1.807, 2.05) is 19.1 Å². The average molecular weight is 412 g/mol. The van der Waals surface area contributed by atoms with Gasteiger partial charge >= 0.3 is 0 Å². The molecule has 1 atom stereocenters. The van der Waals surface area contributed by atoms with Gasteiger partial charge in [-0.2, -0.15) is 4.31 Å². The van der Waals surface area contributed by atoms with Gasteiger partial charge in [-0.1, -0.05) is 50.8 Å². The molecule has 0 bridgehead atoms. The van der Waals surface area contributed by atoms with Gasteiger partial charge in [0.15, 0.2) is 5.11 Å². The van der Waals surface area contributed by atoms with Gasteiger partial charge in [-0.25, -0.2) is 8.42 Å². The first kappa shape index (κ1) is 22.1. The Morgan fingerprint density at radius 2 is 1.78 bits per heavy atom. The zero-order valence-electron chi connectivity index (χ0n) is 16.8. The molecule has 2 rings (SSSR count). The molecule has 1 N–H and O–H groups in total. The van der Waals surface area contributed by atoms with Crippen LogP contribution in [0.3, 0.4) is 0 Å². The van der Waals surface area contributed by atoms with Crippen LogP contribution in [0.2, 0.25) is 0 Å². The van der Waals surface area contributed by atoms with Gasteiger partial charge in [0.1, 0.15) is 0 Å². The zero-order valence-corrected chi connectivity index (χ0v) is 18.4. The molecule has 0 aromatic heterocycles. The Morgan fingerprint density at radius 3 is 2.33 bits per heavy atom. The molecule has 1 saturated heterocycles. The molecule has 0 radical (unpaired) electrons. The molecule has 0 saturated carbocycles. The molecule has 1 aliphatic rings. The van der Waals surface area contributed by atoms with Gasteiger partial charge in [-0.15, -0.1) is 0 Å². The van der Waals surface area contributed by atoms with Crippen LogP contribution in [0.15, 0.2) is 29.2 Å². The highest BCUT2D eigenvalue weighted by atomic mass is 32.2. The molecule has 0 aliphatic carbocycles. The van der Waals surface area contributed by atoms with Crippen molar-refractivity contribution in [3.05, 3.63) is 29.8 Å². The Kier molecular flexibility index (Phi) is 8.51. The summed E-state index contributed by atoms with van der Waals surface area (Å²) in [6, 6.07) is 7.05. The largest absolute Gasteiger partial charge is 0.362 e. The number of piperazine rings is 1. The van der Waals surface area contributed by atoms with E-state index in [1.54, 1.807) is 16.4 Å². The van der Waals surface area contributed by atoms with Gasteiger partial charge in [0.25, 0.3) is 0 Å². The molecule has 1 aromatic rings. The van der Waals surface area contributed by atoms with Gasteiger partial charge in [-0.05, 0) is 43.6 Å². The Hall–Kier alpha value is -1.18. The predicted octanol–water partition coefficient (Wildman–Crippen LogP) is 3.39. The second-order valence-electron chi connectivity index (χ2n) is 7.31. The van der Waals surface area contributed by atoms with Crippen molar-refractivity contribution in [3.63, 3.8) is 0 Å². The topological polar surface area (TPSA) is 52.6 Å². The minimum absolute atomic E-state index is 0.365. The summed E-state index contributed by atoms with van der Waals surface area (Å²) in [4.78, 5) is 2.45. The Balaban J connectivity index is 1.85. The van der Waals surface area contributed by atoms with E-state index in [0.29, 0.717) is 37.0 Å². The maximum atomic E-state index is 12.8. The van der Waals surface area contributed by atoms with E-state index >= 15 is 0 Å². The van der Waals surface area contributed by atoms with Crippen molar-refractivity contribution in [2.75, 3.05) is 32.7 Å². The number of hydrogen-bond acceptors (Lipinski definition) is 3. The fraction of sp³-hybridized carbons (Fsp3) is 0.650. The monoisotopic (exact) mass is 411 g/mol. The molecule has 27 heavy (non-hydrogen) atoms. The fourth-order valence-electron chi connectivity index (χ4n) is 3.28. The molecule has 1 aliphatic heterocycles. The SMILES string of the molecule is CCCC[C@@H](CC)CNC(=S)N1CCN(S(=O)(=O)c2ccc(C)cc2)CC1. The van der Waals surface area contributed by atoms with Crippen molar-refractivity contribution in [1.82, 2.24) is 14.5 Å². The van der Waals surface area contributed by atoms with Crippen molar-refractivity contribution in [2.24, 2.45) is 5.92 Å². The molecule has 152 valence electrons. The van der Waals surface area contributed by atoms with E-state index in [1.165, 1.54) is 19.3 Å². The third kappa shape index (κ3) is 6.16. The number of nitrogens with zero attached hydrogens (tertiary/aromatic N) is 2. The maximum Gasteiger partial charge on any atom is 0.243 e. The summed E-state index contributed by atoms with van der Waals surface area (Å²) < 4.78 is 27.1. The van der Waals surface area contributed by atoms with E-state index in [2.05, 4.69) is 24.1 Å². The highest BCUT2D eigenvalue weighted by molar-refractivity contribution is 7.89. The average Bonchev–Trinajstić information content (AvgIpc) is 2.68. The van der Waals surface area contributed by atoms with Crippen LogP contribution in [-0.4, -0.2) is 55.5 Å². The second-order valence-corrected chi connectivity index (χ2v) is 9.63. The summed E-state index contributed by atoms with van der Waals surface area (Å²) in [6.07, 6.45) is 4.85. The number of sulfonamides is 1. The van der Waals surface area contributed by atoms with Gasteiger partial charge in [0.2, 0.25) is 10.0 Å². The van der Waals surface area contributed by atoms with Crippen LogP contribution in [0, 0.1) is 12.8 Å². The molecule has 0 unspecified atom stereocenters. The molecule has 7 heteroatoms. The number of unbranched alkanes of at least 4 members (excludes halogenated alkanes) is 1. The predicted molar refractivity (Wildman–Crippen MR) is 115 cm³/mol. The lowest BCUT2D eigenvalue weighted by Crippen LogP contribution is -2.53. The van der Waals surface area contributed by atoms with E-state index in [-0.39, 0.29) is 0 Å². The number of thiocarbonyl (C=S) groups is 1. The first-order chi connectivity index (χ1) is 12.9. The van der Waals surface area contributed by atoms with Crippen LogP contribution in [0.25, 0.3) is 0 Å². The van der Waals surface area contributed by atoms with Gasteiger partial charge in [-0.3, -0.25) is 0 Å². The molecule has 1 heterocycles. The Bertz CT molecular complexity index is 696. The molecule has 0 spiro atoms. The summed E-state index contributed by atoms with van der Waals surface area (Å²) in [5.41, 5.74) is 1.06. The Labute approximate surface area is 170 Å². The lowest BCUT2D eigenvalue weighted by atomic mass is 9.99. The minimum atomic E-state index is -3.42. The van der Waals surface area contributed by atoms with Crippen molar-refractivity contribution < 1.29 is 8.42 Å². The first-order valence-corrected chi connectivity index (χ1v) is 11.8. The van der Waals surface area contributed by atoms with E-state index < -0.39 is 10.0 Å². The van der Waals surface area contributed by atoms with Crippen molar-refractivity contribution in [2.45, 2.75) is 51.3 Å². The minimum Gasteiger partial charge on any atom is -0.362 e. The summed E-state index contributed by atoms with van der Waals surface area (Å²) in [5, 5.41) is 4.14. The summed E-state index contributed by atoms with van der Waals surface area (Å²) in [7, 11) is -3.42. The van der Waals surface area contributed by atoms with Crippen LogP contribution in [-0.2, 0) is 10.0 Å². The lowest BCUT2D eigenvalue weighted by Gasteiger charge is -2.35. The van der Waals surface area contributed by atoms with Crippen molar-refractivity contribution >= 4 is 27.4 Å². The highest BCUT2D eigenvalue weighted by Gasteiger charge is 2.29. The van der Waals surface area contributed by atoms with E-state index in [0.717, 1.165) is 23.6 Å². The molecular formula is C20H33N3O2S2. The molecule has 1 fully saturated rings. The summed E-state index contributed by atoms with van der Waals surface area (Å²) >= 11 is 5.54. The fourth-order valence-corrected chi connectivity index (χ4v) is 4.97. The third-order valence-electron chi connectivity index (χ3n) is 5.27. The van der Waals surface area contributed by atoms with E-state index in [4.69, 9.17) is 12.2 Å². The summed E-state index contributed by atoms with van der Waals surface area (Å²) in [5.74, 6) is 0.645. The first-order valence-electron chi connectivity index (χ1n) is 9.98. The van der Waals surface area contributed by atoms with Crippen LogP contribution in [0.4, 0.5) is 0 Å². The Morgan fingerprint density at radius 1 is 1.15 bits per heavy atom.